The van der Waals surface area contributed by atoms with Crippen LogP contribution in [-0.4, -0.2) is 36.5 Å². The van der Waals surface area contributed by atoms with Crippen LogP contribution in [-0.2, 0) is 14.3 Å². The zero-order chi connectivity index (χ0) is 11.0. The Morgan fingerprint density at radius 1 is 1.43 bits per heavy atom. The standard InChI is InChI=1S/C10H18O4/c1-4-13-9(8(3)11)6-7-10(12)14-5-2/h6-9,11H,4-5H2,1-3H3/b7-6+/t8-,9+/m1/s1. The van der Waals surface area contributed by atoms with Crippen molar-refractivity contribution in [2.24, 2.45) is 0 Å². The molecule has 0 saturated carbocycles. The lowest BCUT2D eigenvalue weighted by Crippen LogP contribution is -2.24. The molecule has 0 unspecified atom stereocenters. The van der Waals surface area contributed by atoms with Gasteiger partial charge in [-0.3, -0.25) is 0 Å². The topological polar surface area (TPSA) is 55.8 Å². The Labute approximate surface area is 84.5 Å². The van der Waals surface area contributed by atoms with E-state index in [2.05, 4.69) is 4.74 Å². The second kappa shape index (κ2) is 7.53. The normalized spacial score (nSPS) is 15.4. The molecule has 0 saturated heterocycles. The third-order valence-corrected chi connectivity index (χ3v) is 1.54. The Bertz CT molecular complexity index is 187. The number of aliphatic hydroxyl groups is 1. The fourth-order valence-corrected chi connectivity index (χ4v) is 0.912. The Kier molecular flexibility index (Phi) is 7.06. The number of aliphatic hydroxyl groups excluding tert-OH is 1. The van der Waals surface area contributed by atoms with E-state index in [4.69, 9.17) is 4.74 Å². The number of carbonyl (C=O) groups excluding carboxylic acids is 1. The molecular weight excluding hydrogens is 184 g/mol. The van der Waals surface area contributed by atoms with Gasteiger partial charge in [-0.1, -0.05) is 0 Å². The molecular formula is C10H18O4. The summed E-state index contributed by atoms with van der Waals surface area (Å²) in [5.74, 6) is -0.419. The summed E-state index contributed by atoms with van der Waals surface area (Å²) in [6.45, 7) is 6.00. The zero-order valence-electron chi connectivity index (χ0n) is 8.90. The van der Waals surface area contributed by atoms with Gasteiger partial charge < -0.3 is 14.6 Å². The van der Waals surface area contributed by atoms with E-state index in [9.17, 15) is 9.90 Å². The number of hydrogen-bond acceptors (Lipinski definition) is 4. The highest BCUT2D eigenvalue weighted by Gasteiger charge is 2.11. The van der Waals surface area contributed by atoms with Gasteiger partial charge in [0.05, 0.1) is 12.7 Å². The summed E-state index contributed by atoms with van der Waals surface area (Å²) in [5, 5.41) is 9.26. The van der Waals surface area contributed by atoms with Crippen LogP contribution in [0.2, 0.25) is 0 Å². The minimum atomic E-state index is -0.638. The van der Waals surface area contributed by atoms with Crippen molar-refractivity contribution >= 4 is 5.97 Å². The first-order valence-corrected chi connectivity index (χ1v) is 4.76. The van der Waals surface area contributed by atoms with Gasteiger partial charge in [0, 0.05) is 12.7 Å². The molecule has 0 fully saturated rings. The molecule has 0 aromatic heterocycles. The highest BCUT2D eigenvalue weighted by molar-refractivity contribution is 5.81. The number of esters is 1. The summed E-state index contributed by atoms with van der Waals surface area (Å²) < 4.78 is 9.87. The molecule has 82 valence electrons. The molecule has 0 aromatic carbocycles. The van der Waals surface area contributed by atoms with Gasteiger partial charge in [-0.25, -0.2) is 4.79 Å². The third-order valence-electron chi connectivity index (χ3n) is 1.54. The SMILES string of the molecule is CCOC(=O)/C=C/[C@H](OCC)[C@@H](C)O. The van der Waals surface area contributed by atoms with Crippen LogP contribution in [0.15, 0.2) is 12.2 Å². The van der Waals surface area contributed by atoms with Crippen molar-refractivity contribution in [2.45, 2.75) is 33.0 Å². The summed E-state index contributed by atoms with van der Waals surface area (Å²) in [5.41, 5.74) is 0. The number of carbonyl (C=O) groups is 1. The Balaban J connectivity index is 4.07. The van der Waals surface area contributed by atoms with Crippen molar-refractivity contribution in [2.75, 3.05) is 13.2 Å². The van der Waals surface area contributed by atoms with E-state index in [1.54, 1.807) is 13.8 Å². The summed E-state index contributed by atoms with van der Waals surface area (Å²) in [6, 6.07) is 0. The lowest BCUT2D eigenvalue weighted by atomic mass is 10.2. The summed E-state index contributed by atoms with van der Waals surface area (Å²) in [4.78, 5) is 10.9. The Hall–Kier alpha value is -0.870. The molecule has 1 N–H and O–H groups in total. The summed E-state index contributed by atoms with van der Waals surface area (Å²) in [7, 11) is 0. The van der Waals surface area contributed by atoms with Crippen LogP contribution in [0.3, 0.4) is 0 Å². The molecule has 0 aromatic rings. The third kappa shape index (κ3) is 5.72. The number of ether oxygens (including phenoxy) is 2. The fourth-order valence-electron chi connectivity index (χ4n) is 0.912. The van der Waals surface area contributed by atoms with Crippen LogP contribution in [0.25, 0.3) is 0 Å². The smallest absolute Gasteiger partial charge is 0.330 e. The minimum Gasteiger partial charge on any atom is -0.463 e. The van der Waals surface area contributed by atoms with Crippen LogP contribution in [0.5, 0.6) is 0 Å². The van der Waals surface area contributed by atoms with Gasteiger partial charge in [-0.05, 0) is 26.8 Å². The van der Waals surface area contributed by atoms with E-state index in [0.717, 1.165) is 0 Å². The first-order valence-electron chi connectivity index (χ1n) is 4.76. The average molecular weight is 202 g/mol. The van der Waals surface area contributed by atoms with Gasteiger partial charge in [0.1, 0.15) is 6.10 Å². The van der Waals surface area contributed by atoms with Crippen LogP contribution in [0.4, 0.5) is 0 Å². The van der Waals surface area contributed by atoms with Gasteiger partial charge >= 0.3 is 5.97 Å². The van der Waals surface area contributed by atoms with Crippen LogP contribution < -0.4 is 0 Å². The molecule has 0 aliphatic carbocycles. The maximum absolute atomic E-state index is 10.9. The van der Waals surface area contributed by atoms with Gasteiger partial charge in [0.25, 0.3) is 0 Å². The lowest BCUT2D eigenvalue weighted by molar-refractivity contribution is -0.137. The molecule has 0 aliphatic rings. The van der Waals surface area contributed by atoms with Gasteiger partial charge in [0.15, 0.2) is 0 Å². The predicted molar refractivity (Wildman–Crippen MR) is 52.9 cm³/mol. The maximum atomic E-state index is 10.9. The average Bonchev–Trinajstić information content (AvgIpc) is 2.12. The zero-order valence-corrected chi connectivity index (χ0v) is 8.90. The summed E-state index contributed by atoms with van der Waals surface area (Å²) >= 11 is 0. The van der Waals surface area contributed by atoms with Crippen molar-refractivity contribution < 1.29 is 19.4 Å². The molecule has 4 nitrogen and oxygen atoms in total. The summed E-state index contributed by atoms with van der Waals surface area (Å²) in [6.07, 6.45) is 1.69. The first-order chi connectivity index (χ1) is 6.61. The van der Waals surface area contributed by atoms with Crippen molar-refractivity contribution in [3.63, 3.8) is 0 Å². The predicted octanol–water partition coefficient (Wildman–Crippen LogP) is 0.892. The maximum Gasteiger partial charge on any atom is 0.330 e. The highest BCUT2D eigenvalue weighted by Crippen LogP contribution is 2.01. The molecule has 14 heavy (non-hydrogen) atoms. The first kappa shape index (κ1) is 13.1. The van der Waals surface area contributed by atoms with Gasteiger partial charge in [-0.15, -0.1) is 0 Å². The molecule has 4 heteroatoms. The fraction of sp³-hybridized carbons (Fsp3) is 0.700. The second-order valence-corrected chi connectivity index (χ2v) is 2.77. The van der Waals surface area contributed by atoms with Crippen molar-refractivity contribution in [3.8, 4) is 0 Å². The number of hydrogen-bond donors (Lipinski definition) is 1. The van der Waals surface area contributed by atoms with Gasteiger partial charge in [0.2, 0.25) is 0 Å². The Morgan fingerprint density at radius 2 is 2.07 bits per heavy atom. The quantitative estimate of drug-likeness (QED) is 0.513. The van der Waals surface area contributed by atoms with Crippen LogP contribution >= 0.6 is 0 Å². The van der Waals surface area contributed by atoms with E-state index in [0.29, 0.717) is 13.2 Å². The molecule has 0 heterocycles. The molecule has 0 bridgehead atoms. The molecule has 0 radical (unpaired) electrons. The molecule has 2 atom stereocenters. The van der Waals surface area contributed by atoms with E-state index in [-0.39, 0.29) is 0 Å². The lowest BCUT2D eigenvalue weighted by Gasteiger charge is -2.15. The van der Waals surface area contributed by atoms with E-state index in [1.165, 1.54) is 12.2 Å². The van der Waals surface area contributed by atoms with E-state index < -0.39 is 18.2 Å². The monoisotopic (exact) mass is 202 g/mol. The largest absolute Gasteiger partial charge is 0.463 e. The van der Waals surface area contributed by atoms with Crippen molar-refractivity contribution in [1.29, 1.82) is 0 Å². The molecule has 0 rings (SSSR count). The second-order valence-electron chi connectivity index (χ2n) is 2.77. The van der Waals surface area contributed by atoms with E-state index in [1.807, 2.05) is 6.92 Å². The Morgan fingerprint density at radius 3 is 2.50 bits per heavy atom. The van der Waals surface area contributed by atoms with Crippen molar-refractivity contribution in [3.05, 3.63) is 12.2 Å². The van der Waals surface area contributed by atoms with Crippen LogP contribution in [0, 0.1) is 0 Å². The molecule has 0 spiro atoms. The molecule has 0 aliphatic heterocycles. The highest BCUT2D eigenvalue weighted by atomic mass is 16.5. The number of rotatable bonds is 6. The van der Waals surface area contributed by atoms with Crippen LogP contribution in [0.1, 0.15) is 20.8 Å². The van der Waals surface area contributed by atoms with E-state index >= 15 is 0 Å². The van der Waals surface area contributed by atoms with Gasteiger partial charge in [-0.2, -0.15) is 0 Å². The molecule has 0 amide bonds. The minimum absolute atomic E-state index is 0.344. The van der Waals surface area contributed by atoms with Crippen molar-refractivity contribution in [1.82, 2.24) is 0 Å².